The molecule has 5 heteroatoms. The maximum Gasteiger partial charge on any atom is 0.195 e. The summed E-state index contributed by atoms with van der Waals surface area (Å²) >= 11 is 5.72. The molecular weight excluding hydrogens is 267 g/mol. The van der Waals surface area contributed by atoms with Gasteiger partial charge in [-0.3, -0.25) is 0 Å². The van der Waals surface area contributed by atoms with Crippen LogP contribution in [0.5, 0.6) is 0 Å². The monoisotopic (exact) mass is 284 g/mol. The van der Waals surface area contributed by atoms with Crippen LogP contribution in [0.3, 0.4) is 0 Å². The van der Waals surface area contributed by atoms with Gasteiger partial charge in [0, 0.05) is 12.5 Å². The number of aryl methyl sites for hydroxylation is 1. The number of halogens is 2. The molecule has 0 saturated carbocycles. The first-order chi connectivity index (χ1) is 9.13. The maximum absolute atomic E-state index is 13.3. The van der Waals surface area contributed by atoms with Crippen molar-refractivity contribution in [3.05, 3.63) is 28.9 Å². The molecule has 0 fully saturated rings. The van der Waals surface area contributed by atoms with Gasteiger partial charge in [0.25, 0.3) is 0 Å². The van der Waals surface area contributed by atoms with Crippen molar-refractivity contribution in [3.63, 3.8) is 0 Å². The lowest BCUT2D eigenvalue weighted by Gasteiger charge is -2.11. The average molecular weight is 285 g/mol. The number of hydrogen-bond acceptors (Lipinski definition) is 3. The van der Waals surface area contributed by atoms with Crippen molar-refractivity contribution in [2.45, 2.75) is 32.6 Å². The summed E-state index contributed by atoms with van der Waals surface area (Å²) in [6, 6.07) is 2.78. The first kappa shape index (κ1) is 14.3. The van der Waals surface area contributed by atoms with Gasteiger partial charge in [0.1, 0.15) is 11.3 Å². The quantitative estimate of drug-likeness (QED) is 0.874. The summed E-state index contributed by atoms with van der Waals surface area (Å²) in [6.45, 7) is 2.86. The average Bonchev–Trinajstić information content (AvgIpc) is 2.77. The van der Waals surface area contributed by atoms with Crippen LogP contribution in [0, 0.1) is 11.7 Å². The molecule has 0 spiro atoms. The second-order valence-electron chi connectivity index (χ2n) is 4.73. The number of oxazole rings is 1. The van der Waals surface area contributed by atoms with Gasteiger partial charge in [-0.2, -0.15) is 0 Å². The van der Waals surface area contributed by atoms with E-state index in [-0.39, 0.29) is 5.02 Å². The second-order valence-corrected chi connectivity index (χ2v) is 5.14. The summed E-state index contributed by atoms with van der Waals surface area (Å²) in [5, 5.41) is 0.0712. The highest BCUT2D eigenvalue weighted by molar-refractivity contribution is 6.31. The minimum absolute atomic E-state index is 0.0712. The molecule has 0 bridgehead atoms. The molecule has 0 saturated heterocycles. The van der Waals surface area contributed by atoms with Crippen LogP contribution in [0.2, 0.25) is 5.02 Å². The van der Waals surface area contributed by atoms with E-state index in [9.17, 15) is 4.39 Å². The highest BCUT2D eigenvalue weighted by Crippen LogP contribution is 2.24. The third-order valence-electron chi connectivity index (χ3n) is 3.39. The zero-order chi connectivity index (χ0) is 13.8. The van der Waals surface area contributed by atoms with Gasteiger partial charge < -0.3 is 10.2 Å². The number of aromatic nitrogens is 1. The van der Waals surface area contributed by atoms with Crippen LogP contribution in [-0.4, -0.2) is 11.5 Å². The van der Waals surface area contributed by atoms with Crippen molar-refractivity contribution in [3.8, 4) is 0 Å². The predicted molar refractivity (Wildman–Crippen MR) is 74.8 cm³/mol. The molecule has 0 aliphatic rings. The van der Waals surface area contributed by atoms with Gasteiger partial charge in [0.2, 0.25) is 0 Å². The van der Waals surface area contributed by atoms with Crippen LogP contribution in [0.25, 0.3) is 11.1 Å². The van der Waals surface area contributed by atoms with E-state index in [4.69, 9.17) is 21.8 Å². The Kier molecular flexibility index (Phi) is 4.77. The smallest absolute Gasteiger partial charge is 0.195 e. The topological polar surface area (TPSA) is 52.0 Å². The molecule has 1 aromatic heterocycles. The molecule has 0 aliphatic heterocycles. The van der Waals surface area contributed by atoms with E-state index in [0.29, 0.717) is 29.5 Å². The number of fused-ring (bicyclic) bond motifs is 1. The lowest BCUT2D eigenvalue weighted by atomic mass is 9.97. The summed E-state index contributed by atoms with van der Waals surface area (Å²) < 4.78 is 18.8. The number of benzene rings is 1. The van der Waals surface area contributed by atoms with E-state index >= 15 is 0 Å². The molecule has 1 aromatic carbocycles. The molecule has 0 amide bonds. The Bertz CT molecular complexity index is 517. The maximum atomic E-state index is 13.3. The summed E-state index contributed by atoms with van der Waals surface area (Å²) in [7, 11) is 0. The number of hydrogen-bond donors (Lipinski definition) is 1. The Labute approximate surface area is 116 Å². The van der Waals surface area contributed by atoms with Gasteiger partial charge in [-0.05, 0) is 31.4 Å². The second kappa shape index (κ2) is 6.35. The summed E-state index contributed by atoms with van der Waals surface area (Å²) in [5.41, 5.74) is 6.63. The molecule has 1 unspecified atom stereocenters. The fourth-order valence-electron chi connectivity index (χ4n) is 2.19. The lowest BCUT2D eigenvalue weighted by molar-refractivity contribution is 0.414. The number of nitrogens with zero attached hydrogens (tertiary/aromatic N) is 1. The van der Waals surface area contributed by atoms with Crippen LogP contribution < -0.4 is 5.73 Å². The fraction of sp³-hybridized carbons (Fsp3) is 0.500. The van der Waals surface area contributed by atoms with E-state index in [1.54, 1.807) is 0 Å². The van der Waals surface area contributed by atoms with E-state index in [2.05, 4.69) is 11.9 Å². The SMILES string of the molecule is CCC(CCN)CCc1nc2cc(Cl)c(F)cc2o1. The van der Waals surface area contributed by atoms with Gasteiger partial charge in [-0.15, -0.1) is 0 Å². The Morgan fingerprint density at radius 2 is 2.21 bits per heavy atom. The van der Waals surface area contributed by atoms with Crippen LogP contribution in [0.1, 0.15) is 32.1 Å². The molecular formula is C14H18ClFN2O. The Hall–Kier alpha value is -1.13. The number of nitrogens with two attached hydrogens (primary N) is 1. The van der Waals surface area contributed by atoms with Crippen LogP contribution in [-0.2, 0) is 6.42 Å². The van der Waals surface area contributed by atoms with E-state index < -0.39 is 5.82 Å². The van der Waals surface area contributed by atoms with Gasteiger partial charge in [-0.1, -0.05) is 24.9 Å². The van der Waals surface area contributed by atoms with Crippen LogP contribution in [0.15, 0.2) is 16.5 Å². The van der Waals surface area contributed by atoms with Gasteiger partial charge in [0.05, 0.1) is 5.02 Å². The first-order valence-corrected chi connectivity index (χ1v) is 6.96. The van der Waals surface area contributed by atoms with Gasteiger partial charge >= 0.3 is 0 Å². The fourth-order valence-corrected chi connectivity index (χ4v) is 2.35. The lowest BCUT2D eigenvalue weighted by Crippen LogP contribution is -2.09. The van der Waals surface area contributed by atoms with Crippen molar-refractivity contribution < 1.29 is 8.81 Å². The van der Waals surface area contributed by atoms with Gasteiger partial charge in [0.15, 0.2) is 11.5 Å². The third kappa shape index (κ3) is 3.45. The molecule has 3 nitrogen and oxygen atoms in total. The van der Waals surface area contributed by atoms with Gasteiger partial charge in [-0.25, -0.2) is 9.37 Å². The highest BCUT2D eigenvalue weighted by atomic mass is 35.5. The normalized spacial score (nSPS) is 13.1. The van der Waals surface area contributed by atoms with Crippen molar-refractivity contribution in [2.24, 2.45) is 11.7 Å². The molecule has 1 heterocycles. The Morgan fingerprint density at radius 1 is 1.42 bits per heavy atom. The molecule has 1 atom stereocenters. The summed E-state index contributed by atoms with van der Waals surface area (Å²) in [4.78, 5) is 4.33. The minimum atomic E-state index is -0.480. The standard InChI is InChI=1S/C14H18ClFN2O/c1-2-9(5-6-17)3-4-14-18-12-7-10(15)11(16)8-13(12)19-14/h7-9H,2-6,17H2,1H3. The molecule has 2 N–H and O–H groups in total. The largest absolute Gasteiger partial charge is 0.441 e. The zero-order valence-electron chi connectivity index (χ0n) is 11.0. The summed E-state index contributed by atoms with van der Waals surface area (Å²) in [6.07, 6.45) is 3.83. The Morgan fingerprint density at radius 3 is 2.89 bits per heavy atom. The van der Waals surface area contributed by atoms with Crippen molar-refractivity contribution in [2.75, 3.05) is 6.54 Å². The first-order valence-electron chi connectivity index (χ1n) is 6.58. The van der Waals surface area contributed by atoms with E-state index in [1.807, 2.05) is 0 Å². The predicted octanol–water partition coefficient (Wildman–Crippen LogP) is 3.93. The summed E-state index contributed by atoms with van der Waals surface area (Å²) in [5.74, 6) is 0.735. The van der Waals surface area contributed by atoms with Crippen molar-refractivity contribution in [1.29, 1.82) is 0 Å². The molecule has 19 heavy (non-hydrogen) atoms. The number of rotatable bonds is 6. The third-order valence-corrected chi connectivity index (χ3v) is 3.68. The highest BCUT2D eigenvalue weighted by Gasteiger charge is 2.12. The van der Waals surface area contributed by atoms with Crippen LogP contribution in [0.4, 0.5) is 4.39 Å². The molecule has 2 aromatic rings. The minimum Gasteiger partial charge on any atom is -0.441 e. The molecule has 0 radical (unpaired) electrons. The molecule has 104 valence electrons. The van der Waals surface area contributed by atoms with Crippen LogP contribution >= 0.6 is 11.6 Å². The van der Waals surface area contributed by atoms with Crippen molar-refractivity contribution in [1.82, 2.24) is 4.98 Å². The van der Waals surface area contributed by atoms with E-state index in [1.165, 1.54) is 12.1 Å². The Balaban J connectivity index is 2.09. The van der Waals surface area contributed by atoms with E-state index in [0.717, 1.165) is 25.7 Å². The molecule has 0 aliphatic carbocycles. The molecule has 2 rings (SSSR count). The zero-order valence-corrected chi connectivity index (χ0v) is 11.7. The van der Waals surface area contributed by atoms with Crippen molar-refractivity contribution >= 4 is 22.7 Å².